The van der Waals surface area contributed by atoms with E-state index in [9.17, 15) is 4.79 Å². The van der Waals surface area contributed by atoms with Crippen LogP contribution in [-0.4, -0.2) is 30.8 Å². The first kappa shape index (κ1) is 14.9. The monoisotopic (exact) mass is 322 g/mol. The number of aryl methyl sites for hydroxylation is 2. The van der Waals surface area contributed by atoms with E-state index in [1.165, 1.54) is 11.3 Å². The molecule has 0 aromatic carbocycles. The summed E-state index contributed by atoms with van der Waals surface area (Å²) in [4.78, 5) is 12.8. The average molecular weight is 322 g/mol. The van der Waals surface area contributed by atoms with Crippen LogP contribution >= 0.6 is 11.3 Å². The van der Waals surface area contributed by atoms with E-state index in [1.54, 1.807) is 0 Å². The molecule has 2 aromatic heterocycles. The van der Waals surface area contributed by atoms with Crippen LogP contribution in [0.2, 0.25) is 0 Å². The molecular weight excluding hydrogens is 304 g/mol. The molecule has 0 radical (unpaired) electrons. The summed E-state index contributed by atoms with van der Waals surface area (Å²) >= 11 is 1.35. The van der Waals surface area contributed by atoms with E-state index in [4.69, 9.17) is 14.0 Å². The summed E-state index contributed by atoms with van der Waals surface area (Å²) in [6.07, 6.45) is 1.67. The first-order chi connectivity index (χ1) is 10.7. The number of aromatic nitrogens is 1. The van der Waals surface area contributed by atoms with E-state index in [2.05, 4.69) is 10.5 Å². The van der Waals surface area contributed by atoms with Gasteiger partial charge in [-0.15, -0.1) is 11.3 Å². The topological polar surface area (TPSA) is 73.6 Å². The normalized spacial score (nSPS) is 13.2. The SMILES string of the molecule is Cc1noc(C)c1CCCNC(=O)c1scc2c1OCCO2. The van der Waals surface area contributed by atoms with E-state index in [0.717, 1.165) is 29.9 Å². The zero-order valence-corrected chi connectivity index (χ0v) is 13.4. The van der Waals surface area contributed by atoms with Crippen LogP contribution in [0.5, 0.6) is 11.5 Å². The number of hydrogen-bond donors (Lipinski definition) is 1. The molecule has 0 aliphatic carbocycles. The zero-order chi connectivity index (χ0) is 15.5. The molecule has 1 N–H and O–H groups in total. The number of amides is 1. The molecule has 118 valence electrons. The minimum Gasteiger partial charge on any atom is -0.485 e. The predicted octanol–water partition coefficient (Wildman–Crippen LogP) is 2.49. The number of nitrogens with one attached hydrogen (secondary N) is 1. The van der Waals surface area contributed by atoms with Gasteiger partial charge in [-0.3, -0.25) is 4.79 Å². The molecule has 6 nitrogen and oxygen atoms in total. The molecule has 3 heterocycles. The van der Waals surface area contributed by atoms with Crippen molar-refractivity contribution in [3.8, 4) is 11.5 Å². The highest BCUT2D eigenvalue weighted by Gasteiger charge is 2.23. The summed E-state index contributed by atoms with van der Waals surface area (Å²) < 4.78 is 16.1. The Morgan fingerprint density at radius 3 is 2.95 bits per heavy atom. The molecule has 0 bridgehead atoms. The summed E-state index contributed by atoms with van der Waals surface area (Å²) in [5, 5.41) is 8.66. The molecule has 0 saturated heterocycles. The molecule has 0 atom stereocenters. The van der Waals surface area contributed by atoms with Gasteiger partial charge in [0.25, 0.3) is 5.91 Å². The van der Waals surface area contributed by atoms with Crippen LogP contribution in [0.3, 0.4) is 0 Å². The lowest BCUT2D eigenvalue weighted by Gasteiger charge is -2.15. The van der Waals surface area contributed by atoms with Gasteiger partial charge in [-0.1, -0.05) is 5.16 Å². The lowest BCUT2D eigenvalue weighted by atomic mass is 10.1. The van der Waals surface area contributed by atoms with Crippen molar-refractivity contribution in [1.82, 2.24) is 10.5 Å². The number of rotatable bonds is 5. The fourth-order valence-electron chi connectivity index (χ4n) is 2.43. The van der Waals surface area contributed by atoms with Gasteiger partial charge in [-0.2, -0.15) is 0 Å². The van der Waals surface area contributed by atoms with Gasteiger partial charge in [0, 0.05) is 17.5 Å². The lowest BCUT2D eigenvalue weighted by molar-refractivity contribution is 0.0948. The standard InChI is InChI=1S/C15H18N2O4S/c1-9-11(10(2)21-17-9)4-3-5-16-15(18)14-13-12(8-22-14)19-6-7-20-13/h8H,3-7H2,1-2H3,(H,16,18). The number of ether oxygens (including phenoxy) is 2. The fourth-order valence-corrected chi connectivity index (χ4v) is 3.27. The minimum atomic E-state index is -0.115. The Morgan fingerprint density at radius 1 is 1.36 bits per heavy atom. The number of nitrogens with zero attached hydrogens (tertiary/aromatic N) is 1. The second-order valence-corrected chi connectivity index (χ2v) is 6.00. The number of carbonyl (C=O) groups is 1. The highest BCUT2D eigenvalue weighted by Crippen LogP contribution is 2.39. The van der Waals surface area contributed by atoms with Crippen LogP contribution in [0.15, 0.2) is 9.90 Å². The Labute approximate surface area is 132 Å². The molecule has 0 fully saturated rings. The van der Waals surface area contributed by atoms with Gasteiger partial charge >= 0.3 is 0 Å². The van der Waals surface area contributed by atoms with Crippen molar-refractivity contribution in [3.63, 3.8) is 0 Å². The summed E-state index contributed by atoms with van der Waals surface area (Å²) in [6, 6.07) is 0. The van der Waals surface area contributed by atoms with Gasteiger partial charge in [0.15, 0.2) is 11.5 Å². The van der Waals surface area contributed by atoms with E-state index in [0.29, 0.717) is 36.1 Å². The van der Waals surface area contributed by atoms with Crippen LogP contribution in [-0.2, 0) is 6.42 Å². The second kappa shape index (κ2) is 6.39. The molecule has 3 rings (SSSR count). The maximum Gasteiger partial charge on any atom is 0.265 e. The highest BCUT2D eigenvalue weighted by atomic mass is 32.1. The Hall–Kier alpha value is -2.02. The molecule has 7 heteroatoms. The van der Waals surface area contributed by atoms with E-state index in [-0.39, 0.29) is 5.91 Å². The maximum absolute atomic E-state index is 12.2. The van der Waals surface area contributed by atoms with Crippen LogP contribution in [0.4, 0.5) is 0 Å². The van der Waals surface area contributed by atoms with Crippen molar-refractivity contribution in [2.45, 2.75) is 26.7 Å². The molecule has 1 aliphatic rings. The predicted molar refractivity (Wildman–Crippen MR) is 81.9 cm³/mol. The zero-order valence-electron chi connectivity index (χ0n) is 12.6. The van der Waals surface area contributed by atoms with Crippen LogP contribution in [0.25, 0.3) is 0 Å². The molecule has 1 aliphatic heterocycles. The largest absolute Gasteiger partial charge is 0.485 e. The van der Waals surface area contributed by atoms with Gasteiger partial charge in [-0.25, -0.2) is 0 Å². The van der Waals surface area contributed by atoms with Crippen molar-refractivity contribution in [3.05, 3.63) is 27.3 Å². The maximum atomic E-state index is 12.2. The third kappa shape index (κ3) is 2.94. The highest BCUT2D eigenvalue weighted by molar-refractivity contribution is 7.12. The lowest BCUT2D eigenvalue weighted by Crippen LogP contribution is -2.25. The van der Waals surface area contributed by atoms with Gasteiger partial charge in [0.2, 0.25) is 0 Å². The smallest absolute Gasteiger partial charge is 0.265 e. The Balaban J connectivity index is 1.52. The van der Waals surface area contributed by atoms with Crippen LogP contribution in [0, 0.1) is 13.8 Å². The number of carbonyl (C=O) groups excluding carboxylic acids is 1. The van der Waals surface area contributed by atoms with Gasteiger partial charge in [0.1, 0.15) is 23.9 Å². The fraction of sp³-hybridized carbons (Fsp3) is 0.467. The number of thiophene rings is 1. The number of hydrogen-bond acceptors (Lipinski definition) is 6. The van der Waals surface area contributed by atoms with Crippen molar-refractivity contribution < 1.29 is 18.8 Å². The summed E-state index contributed by atoms with van der Waals surface area (Å²) in [6.45, 7) is 5.44. The third-order valence-electron chi connectivity index (χ3n) is 3.58. The molecule has 0 saturated carbocycles. The van der Waals surface area contributed by atoms with Gasteiger partial charge < -0.3 is 19.3 Å². The van der Waals surface area contributed by atoms with Crippen molar-refractivity contribution in [2.24, 2.45) is 0 Å². The Bertz CT molecular complexity index is 658. The number of fused-ring (bicyclic) bond motifs is 1. The minimum absolute atomic E-state index is 0.115. The Morgan fingerprint density at radius 2 is 2.18 bits per heavy atom. The quantitative estimate of drug-likeness (QED) is 0.856. The summed E-state index contributed by atoms with van der Waals surface area (Å²) in [5.74, 6) is 1.97. The van der Waals surface area contributed by atoms with E-state index >= 15 is 0 Å². The van der Waals surface area contributed by atoms with E-state index in [1.807, 2.05) is 19.2 Å². The summed E-state index contributed by atoms with van der Waals surface area (Å²) in [5.41, 5.74) is 2.04. The third-order valence-corrected chi connectivity index (χ3v) is 4.52. The molecular formula is C15H18N2O4S. The second-order valence-electron chi connectivity index (χ2n) is 5.12. The summed E-state index contributed by atoms with van der Waals surface area (Å²) in [7, 11) is 0. The molecule has 0 unspecified atom stereocenters. The van der Waals surface area contributed by atoms with Gasteiger partial charge in [0.05, 0.1) is 5.69 Å². The van der Waals surface area contributed by atoms with Crippen molar-refractivity contribution in [1.29, 1.82) is 0 Å². The molecule has 2 aromatic rings. The first-order valence-electron chi connectivity index (χ1n) is 7.24. The Kier molecular flexibility index (Phi) is 4.33. The van der Waals surface area contributed by atoms with Crippen LogP contribution in [0.1, 0.15) is 33.1 Å². The van der Waals surface area contributed by atoms with Gasteiger partial charge in [-0.05, 0) is 26.7 Å². The van der Waals surface area contributed by atoms with E-state index < -0.39 is 0 Å². The molecule has 0 spiro atoms. The first-order valence-corrected chi connectivity index (χ1v) is 8.12. The molecule has 1 amide bonds. The van der Waals surface area contributed by atoms with Crippen molar-refractivity contribution >= 4 is 17.2 Å². The van der Waals surface area contributed by atoms with Crippen LogP contribution < -0.4 is 14.8 Å². The average Bonchev–Trinajstić information content (AvgIpc) is 3.08. The van der Waals surface area contributed by atoms with Crippen molar-refractivity contribution in [2.75, 3.05) is 19.8 Å². The molecule has 22 heavy (non-hydrogen) atoms.